The largest absolute Gasteiger partial charge is 0.454 e. The van der Waals surface area contributed by atoms with Gasteiger partial charge in [-0.3, -0.25) is 0 Å². The number of anilines is 1. The monoisotopic (exact) mass is 264 g/mol. The molecule has 1 aromatic carbocycles. The average molecular weight is 264 g/mol. The van der Waals surface area contributed by atoms with Gasteiger partial charge in [0.1, 0.15) is 0 Å². The van der Waals surface area contributed by atoms with Crippen LogP contribution in [0, 0.1) is 18.8 Å². The van der Waals surface area contributed by atoms with Gasteiger partial charge in [-0.2, -0.15) is 0 Å². The molecule has 0 amide bonds. The summed E-state index contributed by atoms with van der Waals surface area (Å²) in [6.45, 7) is 8.52. The number of aryl methyl sites for hydroxylation is 1. The minimum atomic E-state index is 0.319. The highest BCUT2D eigenvalue weighted by atomic mass is 16.7. The topological polar surface area (TPSA) is 47.7 Å². The van der Waals surface area contributed by atoms with Gasteiger partial charge in [0.15, 0.2) is 11.5 Å². The number of fused-ring (bicyclic) bond motifs is 1. The van der Waals surface area contributed by atoms with Crippen LogP contribution in [-0.2, 0) is 0 Å². The lowest BCUT2D eigenvalue weighted by atomic mass is 9.95. The maximum Gasteiger partial charge on any atom is 0.231 e. The predicted octanol–water partition coefficient (Wildman–Crippen LogP) is 2.39. The van der Waals surface area contributed by atoms with Crippen molar-refractivity contribution in [1.29, 1.82) is 0 Å². The Kier molecular flexibility index (Phi) is 4.20. The molecular weight excluding hydrogens is 240 g/mol. The Labute approximate surface area is 115 Å². The molecule has 0 aromatic heterocycles. The smallest absolute Gasteiger partial charge is 0.231 e. The summed E-state index contributed by atoms with van der Waals surface area (Å²) in [7, 11) is 2.11. The number of hydrogen-bond acceptors (Lipinski definition) is 4. The normalized spacial score (nSPS) is 14.8. The summed E-state index contributed by atoms with van der Waals surface area (Å²) in [5.41, 5.74) is 8.24. The third-order valence-electron chi connectivity index (χ3n) is 3.86. The minimum Gasteiger partial charge on any atom is -0.454 e. The van der Waals surface area contributed by atoms with Gasteiger partial charge in [0.2, 0.25) is 6.79 Å². The van der Waals surface area contributed by atoms with E-state index < -0.39 is 0 Å². The van der Waals surface area contributed by atoms with Crippen LogP contribution >= 0.6 is 0 Å². The standard InChI is InChI=1S/C15H24N2O2/c1-10(2)12(7-16)8-17(4)13-6-15-14(5-11(13)3)18-9-19-15/h5-6,10,12H,7-9,16H2,1-4H3. The lowest BCUT2D eigenvalue weighted by Gasteiger charge is -2.28. The van der Waals surface area contributed by atoms with Gasteiger partial charge in [0.05, 0.1) is 0 Å². The van der Waals surface area contributed by atoms with E-state index in [0.717, 1.165) is 18.0 Å². The molecule has 0 saturated carbocycles. The Hall–Kier alpha value is -1.42. The fourth-order valence-corrected chi connectivity index (χ4v) is 2.45. The number of nitrogens with zero attached hydrogens (tertiary/aromatic N) is 1. The molecule has 0 bridgehead atoms. The first-order valence-corrected chi connectivity index (χ1v) is 6.84. The molecule has 4 nitrogen and oxygen atoms in total. The Bertz CT molecular complexity index is 446. The van der Waals surface area contributed by atoms with E-state index in [9.17, 15) is 0 Å². The van der Waals surface area contributed by atoms with Gasteiger partial charge < -0.3 is 20.1 Å². The number of rotatable bonds is 5. The molecule has 106 valence electrons. The lowest BCUT2D eigenvalue weighted by molar-refractivity contribution is 0.174. The summed E-state index contributed by atoms with van der Waals surface area (Å²) in [6.07, 6.45) is 0. The quantitative estimate of drug-likeness (QED) is 0.887. The van der Waals surface area contributed by atoms with Gasteiger partial charge in [0.25, 0.3) is 0 Å². The van der Waals surface area contributed by atoms with Gasteiger partial charge in [0, 0.05) is 25.3 Å². The van der Waals surface area contributed by atoms with E-state index in [1.54, 1.807) is 0 Å². The predicted molar refractivity (Wildman–Crippen MR) is 78.0 cm³/mol. The van der Waals surface area contributed by atoms with Gasteiger partial charge in [-0.1, -0.05) is 13.8 Å². The van der Waals surface area contributed by atoms with E-state index in [2.05, 4.69) is 38.8 Å². The summed E-state index contributed by atoms with van der Waals surface area (Å²) >= 11 is 0. The second kappa shape index (κ2) is 5.70. The summed E-state index contributed by atoms with van der Waals surface area (Å²) in [5.74, 6) is 2.76. The van der Waals surface area contributed by atoms with Gasteiger partial charge in [-0.15, -0.1) is 0 Å². The summed E-state index contributed by atoms with van der Waals surface area (Å²) in [5, 5.41) is 0. The van der Waals surface area contributed by atoms with Crippen LogP contribution in [0.5, 0.6) is 11.5 Å². The van der Waals surface area contributed by atoms with E-state index in [0.29, 0.717) is 25.2 Å². The molecule has 1 aliphatic heterocycles. The van der Waals surface area contributed by atoms with Crippen LogP contribution < -0.4 is 20.1 Å². The molecule has 1 atom stereocenters. The van der Waals surface area contributed by atoms with Crippen molar-refractivity contribution < 1.29 is 9.47 Å². The van der Waals surface area contributed by atoms with Gasteiger partial charge >= 0.3 is 0 Å². The molecule has 1 aliphatic rings. The first-order valence-electron chi connectivity index (χ1n) is 6.84. The number of benzene rings is 1. The minimum absolute atomic E-state index is 0.319. The molecule has 1 unspecified atom stereocenters. The van der Waals surface area contributed by atoms with Gasteiger partial charge in [-0.05, 0) is 36.9 Å². The van der Waals surface area contributed by atoms with Crippen molar-refractivity contribution in [3.63, 3.8) is 0 Å². The Morgan fingerprint density at radius 2 is 1.89 bits per heavy atom. The molecule has 0 fully saturated rings. The van der Waals surface area contributed by atoms with E-state index in [1.807, 2.05) is 6.07 Å². The Morgan fingerprint density at radius 3 is 2.47 bits per heavy atom. The molecule has 1 aromatic rings. The van der Waals surface area contributed by atoms with Crippen molar-refractivity contribution in [3.8, 4) is 11.5 Å². The highest BCUT2D eigenvalue weighted by Crippen LogP contribution is 2.38. The van der Waals surface area contributed by atoms with Crippen molar-refractivity contribution >= 4 is 5.69 Å². The fourth-order valence-electron chi connectivity index (χ4n) is 2.45. The van der Waals surface area contributed by atoms with Crippen molar-refractivity contribution in [3.05, 3.63) is 17.7 Å². The molecular formula is C15H24N2O2. The first kappa shape index (κ1) is 14.0. The zero-order valence-electron chi connectivity index (χ0n) is 12.3. The van der Waals surface area contributed by atoms with Crippen LogP contribution in [0.4, 0.5) is 5.69 Å². The lowest BCUT2D eigenvalue weighted by Crippen LogP contribution is -2.33. The molecule has 4 heteroatoms. The second-order valence-corrected chi connectivity index (χ2v) is 5.61. The Morgan fingerprint density at radius 1 is 1.26 bits per heavy atom. The third kappa shape index (κ3) is 2.95. The van der Waals surface area contributed by atoms with Crippen molar-refractivity contribution in [2.75, 3.05) is 31.8 Å². The molecule has 0 saturated heterocycles. The average Bonchev–Trinajstić information content (AvgIpc) is 2.81. The maximum atomic E-state index is 5.86. The maximum absolute atomic E-state index is 5.86. The molecule has 1 heterocycles. The molecule has 0 radical (unpaired) electrons. The van der Waals surface area contributed by atoms with Crippen LogP contribution in [0.25, 0.3) is 0 Å². The van der Waals surface area contributed by atoms with E-state index in [-0.39, 0.29) is 0 Å². The highest BCUT2D eigenvalue weighted by molar-refractivity contribution is 5.62. The third-order valence-corrected chi connectivity index (χ3v) is 3.86. The summed E-state index contributed by atoms with van der Waals surface area (Å²) in [6, 6.07) is 4.10. The van der Waals surface area contributed by atoms with Crippen molar-refractivity contribution in [2.24, 2.45) is 17.6 Å². The van der Waals surface area contributed by atoms with Crippen LogP contribution in [0.2, 0.25) is 0 Å². The highest BCUT2D eigenvalue weighted by Gasteiger charge is 2.19. The van der Waals surface area contributed by atoms with E-state index in [4.69, 9.17) is 15.2 Å². The van der Waals surface area contributed by atoms with Crippen molar-refractivity contribution in [2.45, 2.75) is 20.8 Å². The molecule has 2 N–H and O–H groups in total. The zero-order chi connectivity index (χ0) is 14.0. The first-order chi connectivity index (χ1) is 9.02. The van der Waals surface area contributed by atoms with E-state index >= 15 is 0 Å². The van der Waals surface area contributed by atoms with Gasteiger partial charge in [-0.25, -0.2) is 0 Å². The van der Waals surface area contributed by atoms with Crippen LogP contribution in [-0.4, -0.2) is 26.9 Å². The molecule has 2 rings (SSSR count). The summed E-state index contributed by atoms with van der Waals surface area (Å²) < 4.78 is 10.8. The molecule has 19 heavy (non-hydrogen) atoms. The second-order valence-electron chi connectivity index (χ2n) is 5.61. The van der Waals surface area contributed by atoms with Crippen LogP contribution in [0.3, 0.4) is 0 Å². The molecule has 0 aliphatic carbocycles. The van der Waals surface area contributed by atoms with Crippen molar-refractivity contribution in [1.82, 2.24) is 0 Å². The fraction of sp³-hybridized carbons (Fsp3) is 0.600. The number of nitrogens with two attached hydrogens (primary N) is 1. The number of hydrogen-bond donors (Lipinski definition) is 1. The Balaban J connectivity index is 2.17. The molecule has 0 spiro atoms. The van der Waals surface area contributed by atoms with E-state index in [1.165, 1.54) is 11.3 Å². The summed E-state index contributed by atoms with van der Waals surface area (Å²) in [4.78, 5) is 2.26. The van der Waals surface area contributed by atoms with Crippen LogP contribution in [0.15, 0.2) is 12.1 Å². The van der Waals surface area contributed by atoms with Crippen LogP contribution in [0.1, 0.15) is 19.4 Å². The number of ether oxygens (including phenoxy) is 2. The zero-order valence-corrected chi connectivity index (χ0v) is 12.3. The SMILES string of the molecule is Cc1cc2c(cc1N(C)CC(CN)C(C)C)OCO2.